The number of benzene rings is 3. The van der Waals surface area contributed by atoms with E-state index in [2.05, 4.69) is 54.6 Å². The van der Waals surface area contributed by atoms with Crippen LogP contribution in [0.1, 0.15) is 30.9 Å². The molecular weight excluding hydrogens is 278 g/mol. The maximum atomic E-state index is 6.57. The van der Waals surface area contributed by atoms with Crippen molar-refractivity contribution in [3.63, 3.8) is 0 Å². The molecule has 2 N–H and O–H groups in total. The van der Waals surface area contributed by atoms with Crippen molar-refractivity contribution in [3.05, 3.63) is 60.2 Å². The van der Waals surface area contributed by atoms with Crippen LogP contribution >= 0.6 is 12.4 Å². The van der Waals surface area contributed by atoms with Crippen molar-refractivity contribution in [3.8, 4) is 0 Å². The zero-order valence-electron chi connectivity index (χ0n) is 12.0. The molecule has 2 heteroatoms. The Morgan fingerprint density at radius 2 is 1.43 bits per heavy atom. The molecule has 4 rings (SSSR count). The van der Waals surface area contributed by atoms with E-state index < -0.39 is 0 Å². The fraction of sp³-hybridized carbons (Fsp3) is 0.263. The molecule has 0 aliphatic heterocycles. The number of rotatable bonds is 3. The molecule has 1 aliphatic rings. The van der Waals surface area contributed by atoms with Crippen molar-refractivity contribution in [2.45, 2.75) is 25.3 Å². The SMILES string of the molecule is Cl.N[C@H](CC1CC1)c1c2ccccc2cc2ccccc12. The first-order valence-electron chi connectivity index (χ1n) is 7.49. The van der Waals surface area contributed by atoms with Gasteiger partial charge in [-0.1, -0.05) is 61.4 Å². The average molecular weight is 298 g/mol. The summed E-state index contributed by atoms with van der Waals surface area (Å²) in [5.41, 5.74) is 7.91. The molecule has 0 aromatic heterocycles. The van der Waals surface area contributed by atoms with E-state index >= 15 is 0 Å². The van der Waals surface area contributed by atoms with Gasteiger partial charge in [-0.25, -0.2) is 0 Å². The van der Waals surface area contributed by atoms with Gasteiger partial charge in [-0.15, -0.1) is 12.4 Å². The first-order valence-corrected chi connectivity index (χ1v) is 7.49. The average Bonchev–Trinajstić information content (AvgIpc) is 3.28. The standard InChI is InChI=1S/C19H19N.ClH/c20-18(11-13-9-10-13)19-16-7-3-1-5-14(16)12-15-6-2-4-8-17(15)19;/h1-8,12-13,18H,9-11,20H2;1H/t18-;/m1./s1. The molecule has 0 heterocycles. The van der Waals surface area contributed by atoms with Gasteiger partial charge in [0, 0.05) is 6.04 Å². The van der Waals surface area contributed by atoms with Crippen molar-refractivity contribution >= 4 is 34.0 Å². The Balaban J connectivity index is 0.00000132. The molecule has 1 aliphatic carbocycles. The van der Waals surface area contributed by atoms with Gasteiger partial charge in [0.1, 0.15) is 0 Å². The molecule has 0 amide bonds. The molecule has 0 unspecified atom stereocenters. The van der Waals surface area contributed by atoms with Gasteiger partial charge >= 0.3 is 0 Å². The zero-order chi connectivity index (χ0) is 13.5. The summed E-state index contributed by atoms with van der Waals surface area (Å²) in [6.07, 6.45) is 3.84. The lowest BCUT2D eigenvalue weighted by molar-refractivity contribution is 0.603. The molecule has 0 saturated heterocycles. The highest BCUT2D eigenvalue weighted by atomic mass is 35.5. The number of hydrogen-bond donors (Lipinski definition) is 1. The van der Waals surface area contributed by atoms with Crippen molar-refractivity contribution in [2.75, 3.05) is 0 Å². The van der Waals surface area contributed by atoms with E-state index in [9.17, 15) is 0 Å². The molecule has 1 fully saturated rings. The number of fused-ring (bicyclic) bond motifs is 2. The minimum Gasteiger partial charge on any atom is -0.324 e. The van der Waals surface area contributed by atoms with Gasteiger partial charge in [-0.3, -0.25) is 0 Å². The Hall–Kier alpha value is -1.57. The van der Waals surface area contributed by atoms with Crippen LogP contribution in [0.25, 0.3) is 21.5 Å². The van der Waals surface area contributed by atoms with Crippen molar-refractivity contribution in [1.82, 2.24) is 0 Å². The van der Waals surface area contributed by atoms with E-state index in [0.29, 0.717) is 0 Å². The first-order chi connectivity index (χ1) is 9.83. The third-order valence-corrected chi connectivity index (χ3v) is 4.47. The van der Waals surface area contributed by atoms with Crippen LogP contribution < -0.4 is 5.73 Å². The van der Waals surface area contributed by atoms with Crippen molar-refractivity contribution < 1.29 is 0 Å². The first kappa shape index (κ1) is 14.4. The lowest BCUT2D eigenvalue weighted by Gasteiger charge is -2.18. The Morgan fingerprint density at radius 1 is 0.905 bits per heavy atom. The summed E-state index contributed by atoms with van der Waals surface area (Å²) in [7, 11) is 0. The molecule has 0 radical (unpaired) electrons. The summed E-state index contributed by atoms with van der Waals surface area (Å²) >= 11 is 0. The molecule has 108 valence electrons. The normalized spacial score (nSPS) is 15.9. The van der Waals surface area contributed by atoms with Crippen LogP contribution in [0.15, 0.2) is 54.6 Å². The van der Waals surface area contributed by atoms with Gasteiger partial charge in [0.15, 0.2) is 0 Å². The summed E-state index contributed by atoms with van der Waals surface area (Å²) in [5.74, 6) is 0.850. The van der Waals surface area contributed by atoms with Gasteiger partial charge in [0.25, 0.3) is 0 Å². The largest absolute Gasteiger partial charge is 0.324 e. The lowest BCUT2D eigenvalue weighted by Crippen LogP contribution is -2.12. The van der Waals surface area contributed by atoms with Crippen LogP contribution in [0, 0.1) is 5.92 Å². The van der Waals surface area contributed by atoms with Crippen LogP contribution in [0.3, 0.4) is 0 Å². The van der Waals surface area contributed by atoms with E-state index in [0.717, 1.165) is 12.3 Å². The maximum absolute atomic E-state index is 6.57. The van der Waals surface area contributed by atoms with Crippen LogP contribution in [0.5, 0.6) is 0 Å². The second kappa shape index (κ2) is 5.67. The molecule has 1 nitrogen and oxygen atoms in total. The van der Waals surface area contributed by atoms with Crippen molar-refractivity contribution in [1.29, 1.82) is 0 Å². The van der Waals surface area contributed by atoms with Crippen LogP contribution in [-0.2, 0) is 0 Å². The topological polar surface area (TPSA) is 26.0 Å². The van der Waals surface area contributed by atoms with Gasteiger partial charge in [-0.2, -0.15) is 0 Å². The molecule has 1 atom stereocenters. The molecule has 21 heavy (non-hydrogen) atoms. The Kier molecular flexibility index (Phi) is 3.88. The maximum Gasteiger partial charge on any atom is 0.0309 e. The second-order valence-corrected chi connectivity index (χ2v) is 6.02. The number of nitrogens with two attached hydrogens (primary N) is 1. The smallest absolute Gasteiger partial charge is 0.0309 e. The minimum atomic E-state index is 0. The second-order valence-electron chi connectivity index (χ2n) is 6.02. The van der Waals surface area contributed by atoms with Crippen molar-refractivity contribution in [2.24, 2.45) is 11.7 Å². The molecule has 1 saturated carbocycles. The Labute approximate surface area is 131 Å². The predicted molar refractivity (Wildman–Crippen MR) is 93.0 cm³/mol. The fourth-order valence-corrected chi connectivity index (χ4v) is 3.28. The molecule has 3 aromatic rings. The molecule has 3 aromatic carbocycles. The molecular formula is C19H20ClN. The quantitative estimate of drug-likeness (QED) is 0.659. The summed E-state index contributed by atoms with van der Waals surface area (Å²) in [4.78, 5) is 0. The minimum absolute atomic E-state index is 0. The Bertz CT molecular complexity index is 723. The number of halogens is 1. The van der Waals surface area contributed by atoms with E-state index in [4.69, 9.17) is 5.73 Å². The summed E-state index contributed by atoms with van der Waals surface area (Å²) in [5, 5.41) is 5.23. The molecule has 0 bridgehead atoms. The van der Waals surface area contributed by atoms with Crippen LogP contribution in [-0.4, -0.2) is 0 Å². The highest BCUT2D eigenvalue weighted by Crippen LogP contribution is 2.40. The third-order valence-electron chi connectivity index (χ3n) is 4.47. The van der Waals surface area contributed by atoms with Gasteiger partial charge < -0.3 is 5.73 Å². The van der Waals surface area contributed by atoms with E-state index in [-0.39, 0.29) is 18.4 Å². The highest BCUT2D eigenvalue weighted by Gasteiger charge is 2.26. The van der Waals surface area contributed by atoms with Crippen LogP contribution in [0.2, 0.25) is 0 Å². The summed E-state index contributed by atoms with van der Waals surface area (Å²) in [6, 6.07) is 19.7. The zero-order valence-corrected chi connectivity index (χ0v) is 12.8. The third kappa shape index (κ3) is 2.64. The van der Waals surface area contributed by atoms with Crippen LogP contribution in [0.4, 0.5) is 0 Å². The van der Waals surface area contributed by atoms with Gasteiger partial charge in [0.2, 0.25) is 0 Å². The van der Waals surface area contributed by atoms with Gasteiger partial charge in [0.05, 0.1) is 0 Å². The van der Waals surface area contributed by atoms with E-state index in [1.54, 1.807) is 0 Å². The monoisotopic (exact) mass is 297 g/mol. The lowest BCUT2D eigenvalue weighted by atomic mass is 9.90. The summed E-state index contributed by atoms with van der Waals surface area (Å²) < 4.78 is 0. The van der Waals surface area contributed by atoms with E-state index in [1.807, 2.05) is 0 Å². The summed E-state index contributed by atoms with van der Waals surface area (Å²) in [6.45, 7) is 0. The number of hydrogen-bond acceptors (Lipinski definition) is 1. The molecule has 0 spiro atoms. The highest BCUT2D eigenvalue weighted by molar-refractivity contribution is 6.02. The Morgan fingerprint density at radius 3 is 1.95 bits per heavy atom. The van der Waals surface area contributed by atoms with E-state index in [1.165, 1.54) is 39.9 Å². The predicted octanol–water partition coefficient (Wildman–Crippen LogP) is 5.21. The fourth-order valence-electron chi connectivity index (χ4n) is 3.28. The van der Waals surface area contributed by atoms with Gasteiger partial charge in [-0.05, 0) is 45.5 Å².